The maximum Gasteiger partial charge on any atom is 0.325 e. The lowest BCUT2D eigenvalue weighted by Gasteiger charge is -2.44. The molecule has 5 rings (SSSR count). The highest BCUT2D eigenvalue weighted by molar-refractivity contribution is 5.83. The molecule has 2 aromatic carbocycles. The third-order valence-corrected chi connectivity index (χ3v) is 8.22. The van der Waals surface area contributed by atoms with Crippen LogP contribution in [0.4, 0.5) is 4.79 Å². The molecule has 0 bridgehead atoms. The van der Waals surface area contributed by atoms with Crippen molar-refractivity contribution in [3.63, 3.8) is 0 Å². The van der Waals surface area contributed by atoms with Gasteiger partial charge in [-0.15, -0.1) is 0 Å². The van der Waals surface area contributed by atoms with Gasteiger partial charge in [-0.2, -0.15) is 0 Å². The molecule has 6 nitrogen and oxygen atoms in total. The molecule has 0 saturated carbocycles. The highest BCUT2D eigenvalue weighted by atomic mass is 16.5. The Hall–Kier alpha value is -2.83. The van der Waals surface area contributed by atoms with Crippen molar-refractivity contribution in [2.24, 2.45) is 0 Å². The number of β-amino-alcohol motifs (C(OH)–C–C–N with tert-alkyl or cyclic N) is 1. The number of aliphatic hydroxyl groups excluding tert-OH is 1. The molecule has 0 aromatic heterocycles. The van der Waals surface area contributed by atoms with Crippen LogP contribution in [0.15, 0.2) is 42.1 Å². The molecule has 6 heteroatoms. The summed E-state index contributed by atoms with van der Waals surface area (Å²) in [7, 11) is 1.72. The first kappa shape index (κ1) is 24.8. The molecule has 2 amide bonds. The van der Waals surface area contributed by atoms with E-state index >= 15 is 0 Å². The van der Waals surface area contributed by atoms with Gasteiger partial charge < -0.3 is 14.7 Å². The quantitative estimate of drug-likeness (QED) is 0.650. The molecule has 2 aromatic rings. The fraction of sp³-hybridized carbons (Fsp3) is 0.500. The van der Waals surface area contributed by atoms with Crippen molar-refractivity contribution in [2.45, 2.75) is 65.1 Å². The van der Waals surface area contributed by atoms with Gasteiger partial charge in [0.25, 0.3) is 0 Å². The SMILES string of the molecule is COc1cc(C)cc2c1C(C)C=C1N(C2)C(=O)N(CCO)C12CCN(Cc1cc(C)cc(C)c1)CC2. The molecule has 192 valence electrons. The van der Waals surface area contributed by atoms with Crippen molar-refractivity contribution < 1.29 is 14.6 Å². The number of hydrogen-bond acceptors (Lipinski definition) is 4. The molecular formula is C30H39N3O3. The van der Waals surface area contributed by atoms with Crippen LogP contribution in [0.25, 0.3) is 0 Å². The monoisotopic (exact) mass is 489 g/mol. The van der Waals surface area contributed by atoms with Crippen LogP contribution in [0.5, 0.6) is 5.75 Å². The number of carbonyl (C=O) groups is 1. The first-order valence-electron chi connectivity index (χ1n) is 13.1. The fourth-order valence-corrected chi connectivity index (χ4v) is 6.80. The zero-order valence-electron chi connectivity index (χ0n) is 22.3. The van der Waals surface area contributed by atoms with Crippen LogP contribution in [0.3, 0.4) is 0 Å². The molecule has 3 heterocycles. The molecular weight excluding hydrogens is 450 g/mol. The number of rotatable bonds is 5. The van der Waals surface area contributed by atoms with Crippen molar-refractivity contribution in [1.82, 2.24) is 14.7 Å². The smallest absolute Gasteiger partial charge is 0.325 e. The summed E-state index contributed by atoms with van der Waals surface area (Å²) in [6, 6.07) is 11.1. The number of urea groups is 1. The van der Waals surface area contributed by atoms with E-state index in [4.69, 9.17) is 4.74 Å². The number of benzene rings is 2. The van der Waals surface area contributed by atoms with Gasteiger partial charge in [-0.1, -0.05) is 48.4 Å². The molecule has 3 aliphatic rings. The number of nitrogens with zero attached hydrogens (tertiary/aromatic N) is 3. The third kappa shape index (κ3) is 4.20. The number of likely N-dealkylation sites (tertiary alicyclic amines) is 1. The van der Waals surface area contributed by atoms with Crippen LogP contribution >= 0.6 is 0 Å². The number of carbonyl (C=O) groups excluding carboxylic acids is 1. The molecule has 2 saturated heterocycles. The van der Waals surface area contributed by atoms with E-state index in [0.717, 1.165) is 55.0 Å². The van der Waals surface area contributed by atoms with E-state index in [0.29, 0.717) is 13.1 Å². The fourth-order valence-electron chi connectivity index (χ4n) is 6.80. The molecule has 1 N–H and O–H groups in total. The minimum atomic E-state index is -0.378. The Morgan fingerprint density at radius 2 is 1.69 bits per heavy atom. The second kappa shape index (κ2) is 9.56. The molecule has 1 atom stereocenters. The molecule has 1 spiro atoms. The summed E-state index contributed by atoms with van der Waals surface area (Å²) in [5, 5.41) is 9.90. The number of allylic oxidation sites excluding steroid dienone is 1. The van der Waals surface area contributed by atoms with Crippen molar-refractivity contribution >= 4 is 6.03 Å². The largest absolute Gasteiger partial charge is 0.496 e. The summed E-state index contributed by atoms with van der Waals surface area (Å²) in [6.07, 6.45) is 4.02. The van der Waals surface area contributed by atoms with Gasteiger partial charge in [0.05, 0.1) is 25.8 Å². The number of methoxy groups -OCH3 is 1. The maximum absolute atomic E-state index is 13.8. The van der Waals surface area contributed by atoms with Gasteiger partial charge in [-0.3, -0.25) is 9.80 Å². The number of aryl methyl sites for hydroxylation is 3. The Balaban J connectivity index is 1.46. The Labute approximate surface area is 215 Å². The predicted octanol–water partition coefficient (Wildman–Crippen LogP) is 4.89. The van der Waals surface area contributed by atoms with E-state index in [9.17, 15) is 9.90 Å². The van der Waals surface area contributed by atoms with Crippen LogP contribution in [-0.4, -0.2) is 64.7 Å². The maximum atomic E-state index is 13.8. The van der Waals surface area contributed by atoms with Crippen LogP contribution in [0, 0.1) is 20.8 Å². The number of amides is 2. The third-order valence-electron chi connectivity index (χ3n) is 8.22. The zero-order valence-corrected chi connectivity index (χ0v) is 22.3. The van der Waals surface area contributed by atoms with Gasteiger partial charge in [-0.05, 0) is 56.4 Å². The summed E-state index contributed by atoms with van der Waals surface area (Å²) in [5.41, 5.74) is 8.13. The Kier molecular flexibility index (Phi) is 6.60. The van der Waals surface area contributed by atoms with Crippen LogP contribution in [-0.2, 0) is 13.1 Å². The normalized spacial score (nSPS) is 21.3. The molecule has 36 heavy (non-hydrogen) atoms. The first-order chi connectivity index (χ1) is 17.3. The summed E-state index contributed by atoms with van der Waals surface area (Å²) in [5.74, 6) is 1.02. The lowest BCUT2D eigenvalue weighted by molar-refractivity contribution is 0.0746. The lowest BCUT2D eigenvalue weighted by Crippen LogP contribution is -2.54. The zero-order chi connectivity index (χ0) is 25.6. The summed E-state index contributed by atoms with van der Waals surface area (Å²) >= 11 is 0. The van der Waals surface area contributed by atoms with Gasteiger partial charge >= 0.3 is 6.03 Å². The predicted molar refractivity (Wildman–Crippen MR) is 142 cm³/mol. The van der Waals surface area contributed by atoms with Gasteiger partial charge in [0.1, 0.15) is 5.75 Å². The second-order valence-corrected chi connectivity index (χ2v) is 10.9. The van der Waals surface area contributed by atoms with Gasteiger partial charge in [0.15, 0.2) is 0 Å². The van der Waals surface area contributed by atoms with Crippen molar-refractivity contribution in [3.8, 4) is 5.75 Å². The van der Waals surface area contributed by atoms with Crippen molar-refractivity contribution in [1.29, 1.82) is 0 Å². The Bertz CT molecular complexity index is 1180. The molecule has 3 aliphatic heterocycles. The van der Waals surface area contributed by atoms with E-state index in [1.54, 1.807) is 7.11 Å². The average Bonchev–Trinajstić information content (AvgIpc) is 2.93. The van der Waals surface area contributed by atoms with Crippen LogP contribution in [0.1, 0.15) is 59.1 Å². The summed E-state index contributed by atoms with van der Waals surface area (Å²) < 4.78 is 5.77. The van der Waals surface area contributed by atoms with Gasteiger partial charge in [0.2, 0.25) is 0 Å². The lowest BCUT2D eigenvalue weighted by atomic mass is 9.82. The van der Waals surface area contributed by atoms with E-state index in [-0.39, 0.29) is 24.1 Å². The molecule has 1 unspecified atom stereocenters. The number of ether oxygens (including phenoxy) is 1. The summed E-state index contributed by atoms with van der Waals surface area (Å²) in [4.78, 5) is 20.2. The highest BCUT2D eigenvalue weighted by Gasteiger charge is 2.55. The number of aliphatic hydroxyl groups is 1. The number of piperidine rings is 1. The Morgan fingerprint density at radius 1 is 1.03 bits per heavy atom. The highest BCUT2D eigenvalue weighted by Crippen LogP contribution is 2.48. The standard InChI is InChI=1S/C30H39N3O3/c1-20-12-21(2)14-24(13-20)18-31-8-6-30(7-9-31)27-17-23(4)28-25(15-22(3)16-26(28)36-5)19-32(27)29(35)33(30)10-11-34/h12-17,23,34H,6-11,18-19H2,1-5H3. The molecule has 2 fully saturated rings. The Morgan fingerprint density at radius 3 is 2.33 bits per heavy atom. The minimum absolute atomic E-state index is 0.0126. The van der Waals surface area contributed by atoms with Crippen molar-refractivity contribution in [2.75, 3.05) is 33.4 Å². The molecule has 0 radical (unpaired) electrons. The van der Waals surface area contributed by atoms with E-state index in [2.05, 4.69) is 69.0 Å². The van der Waals surface area contributed by atoms with E-state index < -0.39 is 0 Å². The first-order valence-corrected chi connectivity index (χ1v) is 13.1. The average molecular weight is 490 g/mol. The van der Waals surface area contributed by atoms with Crippen LogP contribution < -0.4 is 4.74 Å². The summed E-state index contributed by atoms with van der Waals surface area (Å²) in [6.45, 7) is 12.2. The topological polar surface area (TPSA) is 56.3 Å². The number of hydrogen-bond donors (Lipinski definition) is 1. The number of fused-ring (bicyclic) bond motifs is 3. The van der Waals surface area contributed by atoms with Gasteiger partial charge in [-0.25, -0.2) is 4.79 Å². The van der Waals surface area contributed by atoms with Gasteiger partial charge in [0, 0.05) is 43.4 Å². The second-order valence-electron chi connectivity index (χ2n) is 10.9. The minimum Gasteiger partial charge on any atom is -0.496 e. The molecule has 0 aliphatic carbocycles. The van der Waals surface area contributed by atoms with Crippen molar-refractivity contribution in [3.05, 3.63) is 75.5 Å². The van der Waals surface area contributed by atoms with E-state index in [1.165, 1.54) is 22.3 Å². The van der Waals surface area contributed by atoms with E-state index in [1.807, 2.05) is 9.80 Å². The van der Waals surface area contributed by atoms with Crippen LogP contribution in [0.2, 0.25) is 0 Å².